The second kappa shape index (κ2) is 6.89. The molecule has 4 nitrogen and oxygen atoms in total. The molecule has 2 rings (SSSR count). The predicted molar refractivity (Wildman–Crippen MR) is 74.4 cm³/mol. The topological polar surface area (TPSA) is 41.9 Å². The summed E-state index contributed by atoms with van der Waals surface area (Å²) in [5.41, 5.74) is 0.933. The van der Waals surface area contributed by atoms with Crippen molar-refractivity contribution in [3.8, 4) is 5.75 Å². The highest BCUT2D eigenvalue weighted by molar-refractivity contribution is 5.28. The molecule has 1 N–H and O–H groups in total. The van der Waals surface area contributed by atoms with Crippen molar-refractivity contribution in [1.82, 2.24) is 4.90 Å². The minimum atomic E-state index is -0.460. The first-order valence-corrected chi connectivity index (χ1v) is 6.88. The summed E-state index contributed by atoms with van der Waals surface area (Å²) in [6.07, 6.45) is 0.591. The molecule has 1 aromatic rings. The zero-order valence-electron chi connectivity index (χ0n) is 11.7. The van der Waals surface area contributed by atoms with E-state index in [0.29, 0.717) is 12.6 Å². The molecule has 0 aromatic heterocycles. The lowest BCUT2D eigenvalue weighted by Gasteiger charge is -2.36. The maximum atomic E-state index is 10.3. The van der Waals surface area contributed by atoms with Gasteiger partial charge in [0.05, 0.1) is 26.4 Å². The summed E-state index contributed by atoms with van der Waals surface area (Å²) in [6, 6.07) is 8.03. The van der Waals surface area contributed by atoms with Gasteiger partial charge in [-0.25, -0.2) is 0 Å². The molecule has 1 fully saturated rings. The predicted octanol–water partition coefficient (Wildman–Crippen LogP) is 1.84. The van der Waals surface area contributed by atoms with Crippen LogP contribution in [0.25, 0.3) is 0 Å². The summed E-state index contributed by atoms with van der Waals surface area (Å²) in [4.78, 5) is 2.32. The van der Waals surface area contributed by atoms with Gasteiger partial charge in [0.15, 0.2) is 0 Å². The molecule has 1 aliphatic rings. The van der Waals surface area contributed by atoms with Gasteiger partial charge in [0, 0.05) is 19.1 Å². The van der Waals surface area contributed by atoms with Gasteiger partial charge in [-0.05, 0) is 24.1 Å². The Labute approximate surface area is 114 Å². The first-order chi connectivity index (χ1) is 9.24. The van der Waals surface area contributed by atoms with Crippen LogP contribution in [0.1, 0.15) is 25.0 Å². The van der Waals surface area contributed by atoms with Crippen molar-refractivity contribution in [2.24, 2.45) is 0 Å². The molecule has 19 heavy (non-hydrogen) atoms. The van der Waals surface area contributed by atoms with Crippen LogP contribution < -0.4 is 4.74 Å². The number of rotatable bonds is 5. The highest BCUT2D eigenvalue weighted by Crippen LogP contribution is 2.20. The smallest absolute Gasteiger partial charge is 0.118 e. The van der Waals surface area contributed by atoms with Crippen molar-refractivity contribution in [2.45, 2.75) is 25.5 Å². The van der Waals surface area contributed by atoms with E-state index in [2.05, 4.69) is 11.8 Å². The van der Waals surface area contributed by atoms with Crippen LogP contribution in [0, 0.1) is 0 Å². The molecule has 0 saturated carbocycles. The van der Waals surface area contributed by atoms with E-state index < -0.39 is 6.10 Å². The molecule has 1 aromatic carbocycles. The highest BCUT2D eigenvalue weighted by Gasteiger charge is 2.23. The van der Waals surface area contributed by atoms with Crippen molar-refractivity contribution in [2.75, 3.05) is 33.4 Å². The van der Waals surface area contributed by atoms with Gasteiger partial charge in [0.1, 0.15) is 5.75 Å². The minimum Gasteiger partial charge on any atom is -0.497 e. The van der Waals surface area contributed by atoms with E-state index in [4.69, 9.17) is 9.47 Å². The molecule has 0 spiro atoms. The van der Waals surface area contributed by atoms with Gasteiger partial charge in [-0.15, -0.1) is 0 Å². The Bertz CT molecular complexity index is 379. The Kier molecular flexibility index (Phi) is 5.19. The number of morpholine rings is 1. The number of methoxy groups -OCH3 is 1. The molecule has 4 heteroatoms. The molecule has 0 radical (unpaired) electrons. The fourth-order valence-electron chi connectivity index (χ4n) is 2.46. The van der Waals surface area contributed by atoms with Crippen LogP contribution in [0.5, 0.6) is 5.75 Å². The standard InChI is InChI=1S/C15H23NO3/c1-3-13-11-19-9-8-16(13)10-15(17)12-4-6-14(18-2)7-5-12/h4-7,13,15,17H,3,8-11H2,1-2H3. The van der Waals surface area contributed by atoms with E-state index in [9.17, 15) is 5.11 Å². The third-order valence-electron chi connectivity index (χ3n) is 3.73. The molecule has 0 bridgehead atoms. The first-order valence-electron chi connectivity index (χ1n) is 6.88. The fourth-order valence-corrected chi connectivity index (χ4v) is 2.46. The van der Waals surface area contributed by atoms with Gasteiger partial charge in [0.25, 0.3) is 0 Å². The number of hydrogen-bond acceptors (Lipinski definition) is 4. The lowest BCUT2D eigenvalue weighted by molar-refractivity contribution is -0.0277. The van der Waals surface area contributed by atoms with Crippen molar-refractivity contribution < 1.29 is 14.6 Å². The van der Waals surface area contributed by atoms with E-state index in [1.807, 2.05) is 24.3 Å². The quantitative estimate of drug-likeness (QED) is 0.882. The summed E-state index contributed by atoms with van der Waals surface area (Å²) < 4.78 is 10.6. The van der Waals surface area contributed by atoms with Crippen LogP contribution in [0.15, 0.2) is 24.3 Å². The number of aliphatic hydroxyl groups is 1. The first kappa shape index (κ1) is 14.3. The molecule has 1 saturated heterocycles. The van der Waals surface area contributed by atoms with Gasteiger partial charge >= 0.3 is 0 Å². The minimum absolute atomic E-state index is 0.418. The summed E-state index contributed by atoms with van der Waals surface area (Å²) >= 11 is 0. The third kappa shape index (κ3) is 3.69. The van der Waals surface area contributed by atoms with Crippen LogP contribution in [0.4, 0.5) is 0 Å². The normalized spacial score (nSPS) is 22.2. The van der Waals surface area contributed by atoms with Crippen molar-refractivity contribution in [1.29, 1.82) is 0 Å². The van der Waals surface area contributed by atoms with E-state index in [1.165, 1.54) is 0 Å². The molecule has 2 atom stereocenters. The molecule has 2 unspecified atom stereocenters. The van der Waals surface area contributed by atoms with Gasteiger partial charge in [0.2, 0.25) is 0 Å². The Hall–Kier alpha value is -1.10. The molecule has 0 amide bonds. The van der Waals surface area contributed by atoms with E-state index in [-0.39, 0.29) is 0 Å². The van der Waals surface area contributed by atoms with E-state index in [0.717, 1.165) is 37.5 Å². The Morgan fingerprint density at radius 1 is 1.42 bits per heavy atom. The number of aliphatic hydroxyl groups excluding tert-OH is 1. The van der Waals surface area contributed by atoms with Crippen LogP contribution in [-0.2, 0) is 4.74 Å². The summed E-state index contributed by atoms with van der Waals surface area (Å²) in [7, 11) is 1.64. The lowest BCUT2D eigenvalue weighted by atomic mass is 10.1. The lowest BCUT2D eigenvalue weighted by Crippen LogP contribution is -2.46. The number of benzene rings is 1. The monoisotopic (exact) mass is 265 g/mol. The maximum absolute atomic E-state index is 10.3. The molecular weight excluding hydrogens is 242 g/mol. The second-order valence-electron chi connectivity index (χ2n) is 4.92. The van der Waals surface area contributed by atoms with Gasteiger partial charge in [-0.2, -0.15) is 0 Å². The van der Waals surface area contributed by atoms with Gasteiger partial charge < -0.3 is 14.6 Å². The van der Waals surface area contributed by atoms with Crippen LogP contribution in [-0.4, -0.2) is 49.5 Å². The largest absolute Gasteiger partial charge is 0.497 e. The Morgan fingerprint density at radius 2 is 2.16 bits per heavy atom. The fraction of sp³-hybridized carbons (Fsp3) is 0.600. The maximum Gasteiger partial charge on any atom is 0.118 e. The van der Waals surface area contributed by atoms with Crippen molar-refractivity contribution in [3.63, 3.8) is 0 Å². The Morgan fingerprint density at radius 3 is 2.79 bits per heavy atom. The average Bonchev–Trinajstić information content (AvgIpc) is 2.48. The molecule has 106 valence electrons. The zero-order chi connectivity index (χ0) is 13.7. The zero-order valence-corrected chi connectivity index (χ0v) is 11.7. The van der Waals surface area contributed by atoms with Crippen molar-refractivity contribution in [3.05, 3.63) is 29.8 Å². The average molecular weight is 265 g/mol. The summed E-state index contributed by atoms with van der Waals surface area (Å²) in [5, 5.41) is 10.3. The number of hydrogen-bond donors (Lipinski definition) is 1. The molecule has 1 heterocycles. The SMILES string of the molecule is CCC1COCCN1CC(O)c1ccc(OC)cc1. The number of nitrogens with zero attached hydrogens (tertiary/aromatic N) is 1. The molecule has 0 aliphatic carbocycles. The number of ether oxygens (including phenoxy) is 2. The van der Waals surface area contributed by atoms with Gasteiger partial charge in [-0.1, -0.05) is 19.1 Å². The van der Waals surface area contributed by atoms with Crippen LogP contribution in [0.2, 0.25) is 0 Å². The Balaban J connectivity index is 1.96. The second-order valence-corrected chi connectivity index (χ2v) is 4.92. The van der Waals surface area contributed by atoms with E-state index >= 15 is 0 Å². The van der Waals surface area contributed by atoms with Crippen LogP contribution in [0.3, 0.4) is 0 Å². The summed E-state index contributed by atoms with van der Waals surface area (Å²) in [6.45, 7) is 5.24. The van der Waals surface area contributed by atoms with Crippen molar-refractivity contribution >= 4 is 0 Å². The highest BCUT2D eigenvalue weighted by atomic mass is 16.5. The molecular formula is C15H23NO3. The summed E-state index contributed by atoms with van der Waals surface area (Å²) in [5.74, 6) is 0.814. The number of β-amino-alcohol motifs (C(OH)–C–C–N with tert-alkyl or cyclic N) is 1. The molecule has 1 aliphatic heterocycles. The van der Waals surface area contributed by atoms with E-state index in [1.54, 1.807) is 7.11 Å². The third-order valence-corrected chi connectivity index (χ3v) is 3.73. The van der Waals surface area contributed by atoms with Gasteiger partial charge in [-0.3, -0.25) is 4.90 Å². The van der Waals surface area contributed by atoms with Crippen LogP contribution >= 0.6 is 0 Å².